The third-order valence-electron chi connectivity index (χ3n) is 4.31. The smallest absolute Gasteiger partial charge is 0.254 e. The maximum atomic E-state index is 12.7. The maximum absolute atomic E-state index is 12.7. The second-order valence-corrected chi connectivity index (χ2v) is 6.14. The third kappa shape index (κ3) is 3.42. The molecule has 1 amide bonds. The van der Waals surface area contributed by atoms with Crippen LogP contribution in [0, 0.1) is 0 Å². The first-order valence-electron chi connectivity index (χ1n) is 8.05. The summed E-state index contributed by atoms with van der Waals surface area (Å²) in [5.74, 6) is 0.0693. The second kappa shape index (κ2) is 6.78. The predicted molar refractivity (Wildman–Crippen MR) is 95.9 cm³/mol. The molecule has 2 heterocycles. The Morgan fingerprint density at radius 2 is 1.83 bits per heavy atom. The number of aromatic amines is 1. The number of rotatable bonds is 3. The van der Waals surface area contributed by atoms with E-state index in [-0.39, 0.29) is 11.5 Å². The number of hydrogen-bond acceptors (Lipinski definition) is 4. The summed E-state index contributed by atoms with van der Waals surface area (Å²) in [7, 11) is 3.93. The van der Waals surface area contributed by atoms with Gasteiger partial charge in [-0.25, -0.2) is 0 Å². The molecule has 1 saturated heterocycles. The summed E-state index contributed by atoms with van der Waals surface area (Å²) < 4.78 is 0. The standard InChI is InChI=1S/C18H22N4O2/c1-20(2)15-5-3-4-14(12-15)18(24)22-10-8-21(9-11-22)16-6-7-17(23)19-13-16/h3-7,12-13H,8-11H2,1-2H3,(H,19,23). The van der Waals surface area contributed by atoms with E-state index in [4.69, 9.17) is 0 Å². The van der Waals surface area contributed by atoms with E-state index in [0.717, 1.165) is 30.0 Å². The van der Waals surface area contributed by atoms with Crippen molar-refractivity contribution in [3.63, 3.8) is 0 Å². The number of aromatic nitrogens is 1. The molecule has 126 valence electrons. The number of pyridine rings is 1. The van der Waals surface area contributed by atoms with Gasteiger partial charge in [-0.2, -0.15) is 0 Å². The molecule has 1 aliphatic heterocycles. The lowest BCUT2D eigenvalue weighted by Crippen LogP contribution is -2.48. The number of H-pyrrole nitrogens is 1. The number of carbonyl (C=O) groups excluding carboxylic acids is 1. The third-order valence-corrected chi connectivity index (χ3v) is 4.31. The Morgan fingerprint density at radius 1 is 1.08 bits per heavy atom. The number of carbonyl (C=O) groups is 1. The molecule has 24 heavy (non-hydrogen) atoms. The van der Waals surface area contributed by atoms with Gasteiger partial charge in [-0.3, -0.25) is 9.59 Å². The van der Waals surface area contributed by atoms with Crippen molar-refractivity contribution in [1.29, 1.82) is 0 Å². The van der Waals surface area contributed by atoms with Gasteiger partial charge in [-0.1, -0.05) is 6.07 Å². The highest BCUT2D eigenvalue weighted by atomic mass is 16.2. The first-order chi connectivity index (χ1) is 11.5. The summed E-state index contributed by atoms with van der Waals surface area (Å²) in [6.45, 7) is 2.85. The van der Waals surface area contributed by atoms with Crippen LogP contribution in [0.25, 0.3) is 0 Å². The molecule has 0 bridgehead atoms. The summed E-state index contributed by atoms with van der Waals surface area (Å²) in [5, 5.41) is 0. The van der Waals surface area contributed by atoms with Crippen LogP contribution in [0.3, 0.4) is 0 Å². The Kier molecular flexibility index (Phi) is 4.55. The van der Waals surface area contributed by atoms with Crippen molar-refractivity contribution in [3.8, 4) is 0 Å². The van der Waals surface area contributed by atoms with Gasteiger partial charge in [0.25, 0.3) is 5.91 Å². The fourth-order valence-corrected chi connectivity index (χ4v) is 2.87. The molecule has 0 unspecified atom stereocenters. The van der Waals surface area contributed by atoms with Crippen LogP contribution in [0.2, 0.25) is 0 Å². The maximum Gasteiger partial charge on any atom is 0.254 e. The Balaban J connectivity index is 1.66. The number of anilines is 2. The average Bonchev–Trinajstić information content (AvgIpc) is 2.62. The lowest BCUT2D eigenvalue weighted by atomic mass is 10.1. The largest absolute Gasteiger partial charge is 0.378 e. The highest BCUT2D eigenvalue weighted by Gasteiger charge is 2.22. The molecule has 0 radical (unpaired) electrons. The van der Waals surface area contributed by atoms with Crippen molar-refractivity contribution >= 4 is 17.3 Å². The molecule has 1 fully saturated rings. The van der Waals surface area contributed by atoms with E-state index in [2.05, 4.69) is 9.88 Å². The van der Waals surface area contributed by atoms with Crippen LogP contribution in [0.15, 0.2) is 47.4 Å². The van der Waals surface area contributed by atoms with Crippen LogP contribution in [-0.2, 0) is 0 Å². The van der Waals surface area contributed by atoms with Crippen LogP contribution in [0.1, 0.15) is 10.4 Å². The van der Waals surface area contributed by atoms with Gasteiger partial charge in [-0.15, -0.1) is 0 Å². The van der Waals surface area contributed by atoms with Gasteiger partial charge in [0.15, 0.2) is 0 Å². The molecule has 0 atom stereocenters. The first kappa shape index (κ1) is 16.1. The topological polar surface area (TPSA) is 59.7 Å². The summed E-state index contributed by atoms with van der Waals surface area (Å²) in [6.07, 6.45) is 1.72. The quantitative estimate of drug-likeness (QED) is 0.926. The fourth-order valence-electron chi connectivity index (χ4n) is 2.87. The van der Waals surface area contributed by atoms with Gasteiger partial charge >= 0.3 is 0 Å². The van der Waals surface area contributed by atoms with Crippen molar-refractivity contribution in [2.45, 2.75) is 0 Å². The number of benzene rings is 1. The van der Waals surface area contributed by atoms with E-state index < -0.39 is 0 Å². The molecule has 1 aromatic carbocycles. The van der Waals surface area contributed by atoms with E-state index in [1.54, 1.807) is 6.20 Å². The van der Waals surface area contributed by atoms with Gasteiger partial charge in [-0.05, 0) is 24.3 Å². The monoisotopic (exact) mass is 326 g/mol. The zero-order valence-electron chi connectivity index (χ0n) is 14.0. The van der Waals surface area contributed by atoms with Gasteiger partial charge in [0, 0.05) is 63.8 Å². The second-order valence-electron chi connectivity index (χ2n) is 6.14. The molecule has 1 aromatic heterocycles. The molecule has 6 heteroatoms. The van der Waals surface area contributed by atoms with Crippen LogP contribution in [0.4, 0.5) is 11.4 Å². The molecule has 0 spiro atoms. The molecule has 2 aromatic rings. The van der Waals surface area contributed by atoms with E-state index in [0.29, 0.717) is 13.1 Å². The summed E-state index contributed by atoms with van der Waals surface area (Å²) in [6, 6.07) is 11.0. The van der Waals surface area contributed by atoms with Gasteiger partial charge in [0.05, 0.1) is 5.69 Å². The van der Waals surface area contributed by atoms with Crippen molar-refractivity contribution in [2.75, 3.05) is 50.1 Å². The average molecular weight is 326 g/mol. The number of amides is 1. The minimum Gasteiger partial charge on any atom is -0.378 e. The highest BCUT2D eigenvalue weighted by molar-refractivity contribution is 5.95. The van der Waals surface area contributed by atoms with Crippen LogP contribution >= 0.6 is 0 Å². The highest BCUT2D eigenvalue weighted by Crippen LogP contribution is 2.18. The molecule has 1 N–H and O–H groups in total. The van der Waals surface area contributed by atoms with Gasteiger partial charge in [0.2, 0.25) is 5.56 Å². The SMILES string of the molecule is CN(C)c1cccc(C(=O)N2CCN(c3ccc(=O)[nH]c3)CC2)c1. The molecule has 1 aliphatic rings. The Hall–Kier alpha value is -2.76. The molecular formula is C18H22N4O2. The normalized spacial score (nSPS) is 14.6. The minimum absolute atomic E-state index is 0.0693. The first-order valence-corrected chi connectivity index (χ1v) is 8.05. The number of nitrogens with zero attached hydrogens (tertiary/aromatic N) is 3. The van der Waals surface area contributed by atoms with Crippen LogP contribution in [-0.4, -0.2) is 56.1 Å². The Labute approximate surface area is 141 Å². The van der Waals surface area contributed by atoms with E-state index in [1.165, 1.54) is 6.07 Å². The number of nitrogens with one attached hydrogen (secondary N) is 1. The van der Waals surface area contributed by atoms with Crippen molar-refractivity contribution in [1.82, 2.24) is 9.88 Å². The Morgan fingerprint density at radius 3 is 2.46 bits per heavy atom. The fraction of sp³-hybridized carbons (Fsp3) is 0.333. The molecule has 6 nitrogen and oxygen atoms in total. The number of hydrogen-bond donors (Lipinski definition) is 1. The zero-order chi connectivity index (χ0) is 17.1. The van der Waals surface area contributed by atoms with Crippen molar-refractivity contribution < 1.29 is 4.79 Å². The molecule has 3 rings (SSSR count). The lowest BCUT2D eigenvalue weighted by molar-refractivity contribution is 0.0747. The summed E-state index contributed by atoms with van der Waals surface area (Å²) in [5.41, 5.74) is 2.62. The van der Waals surface area contributed by atoms with Crippen molar-refractivity contribution in [2.24, 2.45) is 0 Å². The van der Waals surface area contributed by atoms with E-state index in [9.17, 15) is 9.59 Å². The van der Waals surface area contributed by atoms with E-state index >= 15 is 0 Å². The molecule has 0 aliphatic carbocycles. The number of piperazine rings is 1. The van der Waals surface area contributed by atoms with Gasteiger partial charge in [0.1, 0.15) is 0 Å². The van der Waals surface area contributed by atoms with Crippen LogP contribution in [0.5, 0.6) is 0 Å². The molecular weight excluding hydrogens is 304 g/mol. The predicted octanol–water partition coefficient (Wildman–Crippen LogP) is 1.40. The summed E-state index contributed by atoms with van der Waals surface area (Å²) in [4.78, 5) is 32.6. The van der Waals surface area contributed by atoms with Crippen LogP contribution < -0.4 is 15.4 Å². The van der Waals surface area contributed by atoms with Crippen molar-refractivity contribution in [3.05, 3.63) is 58.5 Å². The Bertz CT molecular complexity index is 756. The molecule has 0 saturated carbocycles. The van der Waals surface area contributed by atoms with Gasteiger partial charge < -0.3 is 19.7 Å². The lowest BCUT2D eigenvalue weighted by Gasteiger charge is -2.36. The van der Waals surface area contributed by atoms with E-state index in [1.807, 2.05) is 54.2 Å². The summed E-state index contributed by atoms with van der Waals surface area (Å²) >= 11 is 0. The zero-order valence-corrected chi connectivity index (χ0v) is 14.0. The minimum atomic E-state index is -0.103.